The summed E-state index contributed by atoms with van der Waals surface area (Å²) in [5.74, 6) is -0.947. The second kappa shape index (κ2) is 10.1. The summed E-state index contributed by atoms with van der Waals surface area (Å²) < 4.78 is 0. The van der Waals surface area contributed by atoms with Gasteiger partial charge in [-0.3, -0.25) is 9.59 Å². The van der Waals surface area contributed by atoms with Crippen molar-refractivity contribution in [2.45, 2.75) is 18.5 Å². The minimum atomic E-state index is -1.49. The SMILES string of the molecule is C[C@](N)(CO)C(=O)O.NCCSC[C@H](N)C(=O)O. The van der Waals surface area contributed by atoms with Crippen LogP contribution in [0.1, 0.15) is 6.92 Å². The molecule has 0 aromatic rings. The van der Waals surface area contributed by atoms with E-state index in [1.807, 2.05) is 0 Å². The molecule has 0 saturated carbocycles. The van der Waals surface area contributed by atoms with E-state index in [1.54, 1.807) is 0 Å². The number of nitrogens with two attached hydrogens (primary N) is 3. The van der Waals surface area contributed by atoms with Crippen molar-refractivity contribution in [3.8, 4) is 0 Å². The zero-order chi connectivity index (χ0) is 14.8. The van der Waals surface area contributed by atoms with Gasteiger partial charge in [0.1, 0.15) is 11.6 Å². The lowest BCUT2D eigenvalue weighted by molar-refractivity contribution is -0.144. The molecular formula is C9H21N3O5S. The Morgan fingerprint density at radius 1 is 1.39 bits per heavy atom. The van der Waals surface area contributed by atoms with Gasteiger partial charge in [0.2, 0.25) is 0 Å². The van der Waals surface area contributed by atoms with Gasteiger partial charge in [0.05, 0.1) is 6.61 Å². The Bertz CT molecular complexity index is 263. The van der Waals surface area contributed by atoms with Crippen molar-refractivity contribution in [2.24, 2.45) is 17.2 Å². The van der Waals surface area contributed by atoms with Crippen LogP contribution in [0.3, 0.4) is 0 Å². The summed E-state index contributed by atoms with van der Waals surface area (Å²) in [5.41, 5.74) is 13.9. The molecule has 18 heavy (non-hydrogen) atoms. The summed E-state index contributed by atoms with van der Waals surface area (Å²) in [5, 5.41) is 24.7. The number of carbonyl (C=O) groups is 2. The Morgan fingerprint density at radius 3 is 2.11 bits per heavy atom. The van der Waals surface area contributed by atoms with Gasteiger partial charge in [-0.2, -0.15) is 11.8 Å². The monoisotopic (exact) mass is 283 g/mol. The third-order valence-electron chi connectivity index (χ3n) is 1.69. The second-order valence-corrected chi connectivity index (χ2v) is 4.84. The van der Waals surface area contributed by atoms with Gasteiger partial charge >= 0.3 is 11.9 Å². The molecule has 0 aromatic heterocycles. The number of carboxylic acid groups (broad SMARTS) is 2. The van der Waals surface area contributed by atoms with Crippen molar-refractivity contribution in [2.75, 3.05) is 24.7 Å². The molecular weight excluding hydrogens is 262 g/mol. The van der Waals surface area contributed by atoms with Gasteiger partial charge in [-0.1, -0.05) is 0 Å². The molecule has 108 valence electrons. The molecule has 9 heteroatoms. The summed E-state index contributed by atoms with van der Waals surface area (Å²) in [6.45, 7) is 1.27. The molecule has 2 atom stereocenters. The first-order valence-corrected chi connectivity index (χ1v) is 6.23. The maximum Gasteiger partial charge on any atom is 0.325 e. The molecule has 0 fully saturated rings. The first-order chi connectivity index (χ1) is 8.18. The van der Waals surface area contributed by atoms with Crippen LogP contribution in [-0.4, -0.2) is 63.5 Å². The number of aliphatic hydroxyl groups excluding tert-OH is 1. The van der Waals surface area contributed by atoms with Gasteiger partial charge in [0, 0.05) is 18.1 Å². The average Bonchev–Trinajstić information content (AvgIpc) is 2.29. The molecule has 0 unspecified atom stereocenters. The fourth-order valence-corrected chi connectivity index (χ4v) is 1.16. The molecule has 0 amide bonds. The number of hydrogen-bond acceptors (Lipinski definition) is 7. The maximum atomic E-state index is 10.1. The predicted molar refractivity (Wildman–Crippen MR) is 69.3 cm³/mol. The Kier molecular flexibility index (Phi) is 10.9. The minimum absolute atomic E-state index is 0.437. The van der Waals surface area contributed by atoms with Crippen molar-refractivity contribution in [3.05, 3.63) is 0 Å². The lowest BCUT2D eigenvalue weighted by Crippen LogP contribution is -2.48. The second-order valence-electron chi connectivity index (χ2n) is 3.69. The lowest BCUT2D eigenvalue weighted by atomic mass is 10.1. The van der Waals surface area contributed by atoms with Gasteiger partial charge in [-0.05, 0) is 6.92 Å². The van der Waals surface area contributed by atoms with E-state index >= 15 is 0 Å². The van der Waals surface area contributed by atoms with Crippen LogP contribution in [0.5, 0.6) is 0 Å². The number of carboxylic acids is 2. The van der Waals surface area contributed by atoms with E-state index < -0.39 is 30.1 Å². The predicted octanol–water partition coefficient (Wildman–Crippen LogP) is -2.13. The van der Waals surface area contributed by atoms with Crippen molar-refractivity contribution < 1.29 is 24.9 Å². The summed E-state index contributed by atoms with van der Waals surface area (Å²) in [7, 11) is 0. The van der Waals surface area contributed by atoms with Crippen LogP contribution in [0.15, 0.2) is 0 Å². The van der Waals surface area contributed by atoms with Gasteiger partial charge in [-0.15, -0.1) is 0 Å². The highest BCUT2D eigenvalue weighted by Gasteiger charge is 2.26. The van der Waals surface area contributed by atoms with E-state index in [4.69, 9.17) is 32.5 Å². The van der Waals surface area contributed by atoms with Crippen LogP contribution in [-0.2, 0) is 9.59 Å². The van der Waals surface area contributed by atoms with E-state index in [0.29, 0.717) is 12.3 Å². The first-order valence-electron chi connectivity index (χ1n) is 5.08. The minimum Gasteiger partial charge on any atom is -0.480 e. The molecule has 0 radical (unpaired) electrons. The molecule has 8 nitrogen and oxygen atoms in total. The average molecular weight is 283 g/mol. The zero-order valence-corrected chi connectivity index (χ0v) is 11.0. The molecule has 0 heterocycles. The summed E-state index contributed by atoms with van der Waals surface area (Å²) in [4.78, 5) is 20.1. The number of aliphatic carboxylic acids is 2. The van der Waals surface area contributed by atoms with Gasteiger partial charge in [0.15, 0.2) is 0 Å². The Balaban J connectivity index is 0. The van der Waals surface area contributed by atoms with Crippen LogP contribution in [0.4, 0.5) is 0 Å². The number of rotatable bonds is 7. The molecule has 0 saturated heterocycles. The quantitative estimate of drug-likeness (QED) is 0.285. The standard InChI is InChI=1S/C5H12N2O2S.C4H9NO3/c6-1-2-10-3-4(7)5(8)9;1-4(5,2-6)3(7)8/h4H,1-3,6-7H2,(H,8,9);6H,2,5H2,1H3,(H,7,8)/t2*4-/m00/s1. The van der Waals surface area contributed by atoms with Gasteiger partial charge < -0.3 is 32.5 Å². The number of hydrogen-bond donors (Lipinski definition) is 6. The Labute approximate surface area is 110 Å². The molecule has 0 aliphatic carbocycles. The van der Waals surface area contributed by atoms with Crippen molar-refractivity contribution in [1.29, 1.82) is 0 Å². The highest BCUT2D eigenvalue weighted by atomic mass is 32.2. The van der Waals surface area contributed by atoms with E-state index in [-0.39, 0.29) is 0 Å². The number of thioether (sulfide) groups is 1. The van der Waals surface area contributed by atoms with E-state index in [0.717, 1.165) is 5.75 Å². The molecule has 0 aromatic carbocycles. The fourth-order valence-electron chi connectivity index (χ4n) is 0.433. The van der Waals surface area contributed by atoms with Crippen LogP contribution in [0, 0.1) is 0 Å². The van der Waals surface area contributed by atoms with E-state index in [2.05, 4.69) is 0 Å². The molecule has 0 bridgehead atoms. The van der Waals surface area contributed by atoms with Crippen LogP contribution >= 0.6 is 11.8 Å². The highest BCUT2D eigenvalue weighted by Crippen LogP contribution is 1.99. The molecule has 0 spiro atoms. The maximum absolute atomic E-state index is 10.1. The zero-order valence-electron chi connectivity index (χ0n) is 10.2. The van der Waals surface area contributed by atoms with E-state index in [9.17, 15) is 9.59 Å². The first kappa shape index (κ1) is 19.5. The fraction of sp³-hybridized carbons (Fsp3) is 0.778. The smallest absolute Gasteiger partial charge is 0.325 e. The summed E-state index contributed by atoms with van der Waals surface area (Å²) in [6.07, 6.45) is 0. The third-order valence-corrected chi connectivity index (χ3v) is 2.81. The summed E-state index contributed by atoms with van der Waals surface area (Å²) >= 11 is 1.46. The van der Waals surface area contributed by atoms with Crippen molar-refractivity contribution in [1.82, 2.24) is 0 Å². The Morgan fingerprint density at radius 2 is 1.89 bits per heavy atom. The third kappa shape index (κ3) is 10.3. The molecule has 9 N–H and O–H groups in total. The normalized spacial score (nSPS) is 14.9. The lowest BCUT2D eigenvalue weighted by Gasteiger charge is -2.13. The van der Waals surface area contributed by atoms with Crippen molar-refractivity contribution >= 4 is 23.7 Å². The topological polar surface area (TPSA) is 173 Å². The van der Waals surface area contributed by atoms with Gasteiger partial charge in [0.25, 0.3) is 0 Å². The van der Waals surface area contributed by atoms with E-state index in [1.165, 1.54) is 18.7 Å². The largest absolute Gasteiger partial charge is 0.480 e. The van der Waals surface area contributed by atoms with Crippen LogP contribution in [0.2, 0.25) is 0 Å². The highest BCUT2D eigenvalue weighted by molar-refractivity contribution is 7.99. The Hall–Kier alpha value is -0.870. The van der Waals surface area contributed by atoms with Crippen LogP contribution in [0.25, 0.3) is 0 Å². The van der Waals surface area contributed by atoms with Gasteiger partial charge in [-0.25, -0.2) is 0 Å². The molecule has 0 rings (SSSR count). The molecule has 0 aliphatic heterocycles. The van der Waals surface area contributed by atoms with Crippen LogP contribution < -0.4 is 17.2 Å². The number of aliphatic hydroxyl groups is 1. The summed E-state index contributed by atoms with van der Waals surface area (Å²) in [6, 6.07) is -0.753. The van der Waals surface area contributed by atoms with Crippen molar-refractivity contribution in [3.63, 3.8) is 0 Å². The molecule has 0 aliphatic rings.